The van der Waals surface area contributed by atoms with Crippen LogP contribution in [0.25, 0.3) is 15.7 Å². The summed E-state index contributed by atoms with van der Waals surface area (Å²) in [5.41, 5.74) is 2.24. The van der Waals surface area contributed by atoms with Crippen molar-refractivity contribution in [3.63, 3.8) is 0 Å². The maximum atomic E-state index is 13.1. The summed E-state index contributed by atoms with van der Waals surface area (Å²) in [6.07, 6.45) is 0.625. The van der Waals surface area contributed by atoms with Crippen molar-refractivity contribution in [1.29, 1.82) is 0 Å². The molecular weight excluding hydrogens is 440 g/mol. The number of thiophene rings is 1. The van der Waals surface area contributed by atoms with Gasteiger partial charge in [-0.1, -0.05) is 6.07 Å². The molecule has 0 aliphatic heterocycles. The van der Waals surface area contributed by atoms with Crippen molar-refractivity contribution in [3.05, 3.63) is 57.5 Å². The quantitative estimate of drug-likeness (QED) is 0.404. The zero-order valence-electron chi connectivity index (χ0n) is 19.3. The van der Waals surface area contributed by atoms with Crippen LogP contribution in [0, 0.1) is 6.92 Å². The number of benzene rings is 1. The molecule has 0 spiro atoms. The van der Waals surface area contributed by atoms with E-state index in [9.17, 15) is 9.59 Å². The summed E-state index contributed by atoms with van der Waals surface area (Å²) >= 11 is 1.57. The fraction of sp³-hybridized carbons (Fsp3) is 0.375. The summed E-state index contributed by atoms with van der Waals surface area (Å²) in [5, 5.41) is 9.34. The van der Waals surface area contributed by atoms with Crippen molar-refractivity contribution >= 4 is 33.0 Å². The van der Waals surface area contributed by atoms with E-state index in [4.69, 9.17) is 9.47 Å². The molecule has 0 saturated carbocycles. The van der Waals surface area contributed by atoms with Gasteiger partial charge in [-0.3, -0.25) is 14.0 Å². The molecule has 4 aromatic rings. The second kappa shape index (κ2) is 9.66. The first-order chi connectivity index (χ1) is 15.9. The third-order valence-electron chi connectivity index (χ3n) is 5.49. The Labute approximate surface area is 195 Å². The number of ether oxygens (including phenoxy) is 2. The topological polar surface area (TPSA) is 86.9 Å². The molecule has 0 saturated heterocycles. The Kier molecular flexibility index (Phi) is 6.69. The molecule has 33 heavy (non-hydrogen) atoms. The van der Waals surface area contributed by atoms with Gasteiger partial charge in [0.25, 0.3) is 5.56 Å². The van der Waals surface area contributed by atoms with Gasteiger partial charge < -0.3 is 14.8 Å². The van der Waals surface area contributed by atoms with E-state index >= 15 is 0 Å². The molecule has 3 aromatic heterocycles. The van der Waals surface area contributed by atoms with E-state index in [1.165, 1.54) is 4.68 Å². The van der Waals surface area contributed by atoms with Crippen LogP contribution in [0.5, 0.6) is 11.5 Å². The number of rotatable bonds is 9. The smallest absolute Gasteiger partial charge is 0.291 e. The summed E-state index contributed by atoms with van der Waals surface area (Å²) in [6, 6.07) is 8.89. The van der Waals surface area contributed by atoms with Crippen LogP contribution in [0.1, 0.15) is 38.2 Å². The largest absolute Gasteiger partial charge is 0.490 e. The molecule has 0 bridgehead atoms. The highest BCUT2D eigenvalue weighted by Crippen LogP contribution is 2.28. The first-order valence-corrected chi connectivity index (χ1v) is 12.0. The number of carbonyl (C=O) groups is 1. The third-order valence-corrected chi connectivity index (χ3v) is 6.35. The zero-order chi connectivity index (χ0) is 23.5. The molecular formula is C24H28N4O4S. The Morgan fingerprint density at radius 2 is 1.88 bits per heavy atom. The predicted molar refractivity (Wildman–Crippen MR) is 130 cm³/mol. The Morgan fingerprint density at radius 3 is 2.64 bits per heavy atom. The van der Waals surface area contributed by atoms with Gasteiger partial charge >= 0.3 is 0 Å². The normalized spacial score (nSPS) is 12.2. The number of nitrogens with zero attached hydrogens (tertiary/aromatic N) is 3. The van der Waals surface area contributed by atoms with Crippen LogP contribution in [0.15, 0.2) is 40.5 Å². The van der Waals surface area contributed by atoms with E-state index in [1.807, 2.05) is 60.9 Å². The summed E-state index contributed by atoms with van der Waals surface area (Å²) in [7, 11) is 0. The van der Waals surface area contributed by atoms with E-state index < -0.39 is 6.04 Å². The van der Waals surface area contributed by atoms with E-state index in [0.717, 1.165) is 15.8 Å². The van der Waals surface area contributed by atoms with Crippen molar-refractivity contribution in [3.8, 4) is 11.5 Å². The average Bonchev–Trinajstić information content (AvgIpc) is 3.39. The maximum Gasteiger partial charge on any atom is 0.291 e. The zero-order valence-corrected chi connectivity index (χ0v) is 20.1. The average molecular weight is 469 g/mol. The molecule has 1 N–H and O–H groups in total. The van der Waals surface area contributed by atoms with Gasteiger partial charge in [-0.05, 0) is 69.3 Å². The minimum atomic E-state index is -0.728. The highest BCUT2D eigenvalue weighted by Gasteiger charge is 2.21. The lowest BCUT2D eigenvalue weighted by Gasteiger charge is -2.16. The van der Waals surface area contributed by atoms with E-state index in [-0.39, 0.29) is 11.5 Å². The molecule has 9 heteroatoms. The number of aromatic nitrogens is 3. The standard InChI is InChI=1S/C24H28N4O4S/c1-5-31-20-8-7-17(13-21(20)32-6-2)9-11-25-23(29)15(3)28-24(30)19-14-22-18(10-12-33-22)27(19)16(4)26-28/h7-8,10,12-15H,5-6,9,11H2,1-4H3,(H,25,29)/t15-/m0/s1. The molecule has 8 nitrogen and oxygen atoms in total. The molecule has 4 rings (SSSR count). The van der Waals surface area contributed by atoms with Crippen molar-refractivity contribution in [2.75, 3.05) is 19.8 Å². The fourth-order valence-electron chi connectivity index (χ4n) is 3.90. The lowest BCUT2D eigenvalue weighted by molar-refractivity contribution is -0.124. The minimum absolute atomic E-state index is 0.252. The number of aryl methyl sites for hydroxylation is 1. The Balaban J connectivity index is 1.46. The second-order valence-electron chi connectivity index (χ2n) is 7.70. The Hall–Kier alpha value is -3.33. The lowest BCUT2D eigenvalue weighted by atomic mass is 10.1. The van der Waals surface area contributed by atoms with Gasteiger partial charge in [0.1, 0.15) is 17.4 Å². The van der Waals surface area contributed by atoms with E-state index in [0.29, 0.717) is 49.0 Å². The summed E-state index contributed by atoms with van der Waals surface area (Å²) in [6.45, 7) is 8.92. The number of carbonyl (C=O) groups excluding carboxylic acids is 1. The molecule has 0 aliphatic rings. The summed E-state index contributed by atoms with van der Waals surface area (Å²) in [4.78, 5) is 25.9. The maximum absolute atomic E-state index is 13.1. The highest BCUT2D eigenvalue weighted by molar-refractivity contribution is 7.17. The van der Waals surface area contributed by atoms with Gasteiger partial charge in [-0.2, -0.15) is 5.10 Å². The van der Waals surface area contributed by atoms with Crippen LogP contribution in [-0.4, -0.2) is 39.8 Å². The molecule has 3 heterocycles. The van der Waals surface area contributed by atoms with Gasteiger partial charge in [-0.15, -0.1) is 11.3 Å². The number of fused-ring (bicyclic) bond motifs is 3. The minimum Gasteiger partial charge on any atom is -0.490 e. The van der Waals surface area contributed by atoms with Crippen LogP contribution >= 0.6 is 11.3 Å². The van der Waals surface area contributed by atoms with Crippen molar-refractivity contribution in [2.45, 2.75) is 40.2 Å². The number of hydrogen-bond acceptors (Lipinski definition) is 6. The molecule has 0 fully saturated rings. The van der Waals surface area contributed by atoms with E-state index in [1.54, 1.807) is 18.3 Å². The molecule has 0 unspecified atom stereocenters. The van der Waals surface area contributed by atoms with Crippen molar-refractivity contribution in [2.24, 2.45) is 0 Å². The fourth-order valence-corrected chi connectivity index (χ4v) is 4.70. The van der Waals surface area contributed by atoms with Gasteiger partial charge in [0.15, 0.2) is 11.5 Å². The van der Waals surface area contributed by atoms with Crippen LogP contribution in [0.2, 0.25) is 0 Å². The van der Waals surface area contributed by atoms with Crippen LogP contribution in [0.3, 0.4) is 0 Å². The summed E-state index contributed by atoms with van der Waals surface area (Å²) in [5.74, 6) is 1.82. The van der Waals surface area contributed by atoms with Crippen LogP contribution < -0.4 is 20.3 Å². The SMILES string of the molecule is CCOc1ccc(CCNC(=O)[C@H](C)n2nc(C)n3c(cc4sccc43)c2=O)cc1OCC. The van der Waals surface area contributed by atoms with Crippen molar-refractivity contribution in [1.82, 2.24) is 19.5 Å². The first-order valence-electron chi connectivity index (χ1n) is 11.1. The molecule has 1 aromatic carbocycles. The monoisotopic (exact) mass is 468 g/mol. The van der Waals surface area contributed by atoms with Crippen molar-refractivity contribution < 1.29 is 14.3 Å². The molecule has 1 amide bonds. The second-order valence-corrected chi connectivity index (χ2v) is 8.64. The molecule has 174 valence electrons. The van der Waals surface area contributed by atoms with Gasteiger partial charge in [0.05, 0.1) is 23.4 Å². The van der Waals surface area contributed by atoms with E-state index in [2.05, 4.69) is 10.4 Å². The highest BCUT2D eigenvalue weighted by atomic mass is 32.1. The molecule has 1 atom stereocenters. The third kappa shape index (κ3) is 4.45. The Morgan fingerprint density at radius 1 is 1.12 bits per heavy atom. The van der Waals surface area contributed by atoms with Gasteiger partial charge in [0, 0.05) is 6.54 Å². The van der Waals surface area contributed by atoms with Gasteiger partial charge in [0.2, 0.25) is 5.91 Å². The summed E-state index contributed by atoms with van der Waals surface area (Å²) < 4.78 is 15.4. The number of hydrogen-bond donors (Lipinski definition) is 1. The molecule has 0 radical (unpaired) electrons. The lowest BCUT2D eigenvalue weighted by Crippen LogP contribution is -2.38. The predicted octanol–water partition coefficient (Wildman–Crippen LogP) is 3.74. The number of nitrogens with one attached hydrogen (secondary N) is 1. The van der Waals surface area contributed by atoms with Gasteiger partial charge in [-0.25, -0.2) is 4.68 Å². The Bertz CT molecular complexity index is 1350. The van der Waals surface area contributed by atoms with Crippen LogP contribution in [0.4, 0.5) is 0 Å². The molecule has 0 aliphatic carbocycles. The van der Waals surface area contributed by atoms with Crippen LogP contribution in [-0.2, 0) is 11.2 Å². The number of amides is 1. The first kappa shape index (κ1) is 22.8.